The zero-order valence-electron chi connectivity index (χ0n) is 17.5. The molecule has 1 heterocycles. The first-order valence-corrected chi connectivity index (χ1v) is 11.8. The van der Waals surface area contributed by atoms with Gasteiger partial charge in [-0.1, -0.05) is 47.7 Å². The molecule has 0 aliphatic heterocycles. The van der Waals surface area contributed by atoms with Crippen molar-refractivity contribution >= 4 is 33.6 Å². The summed E-state index contributed by atoms with van der Waals surface area (Å²) in [5.74, 6) is -1.24. The largest absolute Gasteiger partial charge is 0.272 e. The van der Waals surface area contributed by atoms with Gasteiger partial charge >= 0.3 is 0 Å². The number of sulfonamides is 1. The maximum Gasteiger partial charge on any atom is 0.272 e. The molecule has 1 aromatic heterocycles. The summed E-state index contributed by atoms with van der Waals surface area (Å²) >= 11 is 1.32. The molecular weight excluding hydrogens is 448 g/mol. The van der Waals surface area contributed by atoms with E-state index in [4.69, 9.17) is 0 Å². The summed E-state index contributed by atoms with van der Waals surface area (Å²) in [5.41, 5.74) is 5.77. The van der Waals surface area contributed by atoms with Gasteiger partial charge in [0, 0.05) is 18.1 Å². The SMILES string of the molecule is Cc1ccc(S(=O)(=O)N(C)CC(=O)NNC(=O)c2cccnc2Sc2ccccc2)cc1. The molecule has 32 heavy (non-hydrogen) atoms. The number of pyridine rings is 1. The molecule has 2 amide bonds. The average molecular weight is 471 g/mol. The summed E-state index contributed by atoms with van der Waals surface area (Å²) in [5, 5.41) is 0.476. The van der Waals surface area contributed by atoms with Crippen LogP contribution in [0.4, 0.5) is 0 Å². The average Bonchev–Trinajstić information content (AvgIpc) is 2.79. The number of aryl methyl sites for hydroxylation is 1. The number of hydrazine groups is 1. The number of amides is 2. The highest BCUT2D eigenvalue weighted by molar-refractivity contribution is 7.99. The fraction of sp³-hybridized carbons (Fsp3) is 0.136. The Morgan fingerprint density at radius 2 is 1.66 bits per heavy atom. The molecule has 0 fully saturated rings. The molecule has 0 saturated carbocycles. The minimum absolute atomic E-state index is 0.0837. The van der Waals surface area contributed by atoms with E-state index in [9.17, 15) is 18.0 Å². The van der Waals surface area contributed by atoms with E-state index in [0.29, 0.717) is 5.03 Å². The molecule has 0 spiro atoms. The summed E-state index contributed by atoms with van der Waals surface area (Å²) < 4.78 is 26.1. The van der Waals surface area contributed by atoms with Crippen molar-refractivity contribution < 1.29 is 18.0 Å². The molecule has 0 radical (unpaired) electrons. The van der Waals surface area contributed by atoms with E-state index in [1.54, 1.807) is 30.5 Å². The number of hydrogen-bond acceptors (Lipinski definition) is 6. The highest BCUT2D eigenvalue weighted by Crippen LogP contribution is 2.28. The number of aromatic nitrogens is 1. The molecule has 0 saturated heterocycles. The standard InChI is InChI=1S/C22H22N4O4S2/c1-16-10-12-18(13-11-16)32(29,30)26(2)15-20(27)24-25-21(28)19-9-6-14-23-22(19)31-17-7-4-3-5-8-17/h3-14H,15H2,1-2H3,(H,24,27)(H,25,28). The third kappa shape index (κ3) is 5.94. The Hall–Kier alpha value is -3.21. The van der Waals surface area contributed by atoms with Crippen LogP contribution in [0, 0.1) is 6.92 Å². The van der Waals surface area contributed by atoms with Crippen LogP contribution in [0.15, 0.2) is 87.7 Å². The molecule has 3 rings (SSSR count). The molecule has 10 heteroatoms. The Labute approximate surface area is 191 Å². The first kappa shape index (κ1) is 23.5. The quantitative estimate of drug-likeness (QED) is 0.514. The molecule has 2 aromatic carbocycles. The van der Waals surface area contributed by atoms with E-state index in [-0.39, 0.29) is 10.5 Å². The van der Waals surface area contributed by atoms with Crippen LogP contribution < -0.4 is 10.9 Å². The first-order valence-electron chi connectivity index (χ1n) is 9.57. The van der Waals surface area contributed by atoms with Crippen LogP contribution in [0.3, 0.4) is 0 Å². The molecule has 0 unspecified atom stereocenters. The Balaban J connectivity index is 1.60. The van der Waals surface area contributed by atoms with Crippen molar-refractivity contribution in [1.82, 2.24) is 20.1 Å². The summed E-state index contributed by atoms with van der Waals surface area (Å²) in [4.78, 5) is 30.1. The third-order valence-corrected chi connectivity index (χ3v) is 7.23. The van der Waals surface area contributed by atoms with E-state index in [0.717, 1.165) is 14.8 Å². The van der Waals surface area contributed by atoms with E-state index < -0.39 is 28.4 Å². The molecule has 8 nitrogen and oxygen atoms in total. The van der Waals surface area contributed by atoms with Crippen LogP contribution in [0.1, 0.15) is 15.9 Å². The fourth-order valence-electron chi connectivity index (χ4n) is 2.66. The van der Waals surface area contributed by atoms with Gasteiger partial charge in [0.05, 0.1) is 17.0 Å². The zero-order valence-corrected chi connectivity index (χ0v) is 19.1. The van der Waals surface area contributed by atoms with Gasteiger partial charge in [0.1, 0.15) is 5.03 Å². The van der Waals surface area contributed by atoms with Crippen molar-refractivity contribution in [2.45, 2.75) is 21.7 Å². The van der Waals surface area contributed by atoms with E-state index >= 15 is 0 Å². The maximum absolute atomic E-state index is 12.6. The predicted octanol–water partition coefficient (Wildman–Crippen LogP) is 2.62. The Kier molecular flexibility index (Phi) is 7.62. The van der Waals surface area contributed by atoms with Gasteiger partial charge in [-0.15, -0.1) is 0 Å². The number of nitrogens with zero attached hydrogens (tertiary/aromatic N) is 2. The third-order valence-electron chi connectivity index (χ3n) is 4.38. The molecule has 0 bridgehead atoms. The van der Waals surface area contributed by atoms with Crippen molar-refractivity contribution in [3.05, 3.63) is 84.1 Å². The van der Waals surface area contributed by atoms with Gasteiger partial charge in [-0.25, -0.2) is 13.4 Å². The summed E-state index contributed by atoms with van der Waals surface area (Å²) in [6.07, 6.45) is 1.57. The Morgan fingerprint density at radius 1 is 0.969 bits per heavy atom. The maximum atomic E-state index is 12.6. The molecule has 2 N–H and O–H groups in total. The second-order valence-corrected chi connectivity index (χ2v) is 9.95. The molecule has 3 aromatic rings. The Bertz CT molecular complexity index is 1200. The van der Waals surface area contributed by atoms with Crippen molar-refractivity contribution in [3.8, 4) is 0 Å². The first-order chi connectivity index (χ1) is 15.3. The summed E-state index contributed by atoms with van der Waals surface area (Å²) in [7, 11) is -2.54. The number of likely N-dealkylation sites (N-methyl/N-ethyl adjacent to an activating group) is 1. The van der Waals surface area contributed by atoms with Gasteiger partial charge in [0.2, 0.25) is 10.0 Å². The number of carbonyl (C=O) groups is 2. The smallest absolute Gasteiger partial charge is 0.272 e. The minimum Gasteiger partial charge on any atom is -0.272 e. The van der Waals surface area contributed by atoms with E-state index in [1.807, 2.05) is 37.3 Å². The predicted molar refractivity (Wildman–Crippen MR) is 121 cm³/mol. The number of rotatable bonds is 7. The highest BCUT2D eigenvalue weighted by Gasteiger charge is 2.23. The number of nitrogens with one attached hydrogen (secondary N) is 2. The van der Waals surface area contributed by atoms with Crippen molar-refractivity contribution in [1.29, 1.82) is 0 Å². The number of carbonyl (C=O) groups excluding carboxylic acids is 2. The molecular formula is C22H22N4O4S2. The van der Waals surface area contributed by atoms with Gasteiger partial charge in [-0.3, -0.25) is 20.4 Å². The van der Waals surface area contributed by atoms with E-state index in [2.05, 4.69) is 15.8 Å². The van der Waals surface area contributed by atoms with Crippen molar-refractivity contribution in [2.75, 3.05) is 13.6 Å². The van der Waals surface area contributed by atoms with Crippen LogP contribution in [-0.4, -0.2) is 43.1 Å². The van der Waals surface area contributed by atoms with Crippen molar-refractivity contribution in [2.24, 2.45) is 0 Å². The minimum atomic E-state index is -3.84. The zero-order chi connectivity index (χ0) is 23.1. The van der Waals surface area contributed by atoms with Crippen LogP contribution in [-0.2, 0) is 14.8 Å². The topological polar surface area (TPSA) is 108 Å². The lowest BCUT2D eigenvalue weighted by Gasteiger charge is -2.17. The highest BCUT2D eigenvalue weighted by atomic mass is 32.2. The van der Waals surface area contributed by atoms with Crippen LogP contribution in [0.2, 0.25) is 0 Å². The van der Waals surface area contributed by atoms with Crippen LogP contribution in [0.25, 0.3) is 0 Å². The lowest BCUT2D eigenvalue weighted by molar-refractivity contribution is -0.121. The number of hydrogen-bond donors (Lipinski definition) is 2. The molecule has 0 atom stereocenters. The molecule has 166 valence electrons. The van der Waals surface area contributed by atoms with Crippen LogP contribution >= 0.6 is 11.8 Å². The second kappa shape index (κ2) is 10.4. The summed E-state index contributed by atoms with van der Waals surface area (Å²) in [6.45, 7) is 1.39. The van der Waals surface area contributed by atoms with Crippen LogP contribution in [0.5, 0.6) is 0 Å². The van der Waals surface area contributed by atoms with Gasteiger partial charge < -0.3 is 0 Å². The Morgan fingerprint density at radius 3 is 2.34 bits per heavy atom. The monoisotopic (exact) mass is 470 g/mol. The van der Waals surface area contributed by atoms with Gasteiger partial charge in [-0.2, -0.15) is 4.31 Å². The van der Waals surface area contributed by atoms with Gasteiger partial charge in [0.15, 0.2) is 0 Å². The van der Waals surface area contributed by atoms with Gasteiger partial charge in [-0.05, 0) is 43.3 Å². The van der Waals surface area contributed by atoms with E-state index in [1.165, 1.54) is 30.9 Å². The van der Waals surface area contributed by atoms with Crippen molar-refractivity contribution in [3.63, 3.8) is 0 Å². The lowest BCUT2D eigenvalue weighted by atomic mass is 10.2. The summed E-state index contributed by atoms with van der Waals surface area (Å²) in [6, 6.07) is 19.0. The molecule has 0 aliphatic carbocycles. The number of benzene rings is 2. The normalized spacial score (nSPS) is 11.2. The molecule has 0 aliphatic rings. The fourth-order valence-corrected chi connectivity index (χ4v) is 4.68. The van der Waals surface area contributed by atoms with Gasteiger partial charge in [0.25, 0.3) is 11.8 Å². The second-order valence-electron chi connectivity index (χ2n) is 6.85. The lowest BCUT2D eigenvalue weighted by Crippen LogP contribution is -2.46.